The van der Waals surface area contributed by atoms with Crippen LogP contribution in [0.1, 0.15) is 57.5 Å². The lowest BCUT2D eigenvalue weighted by atomic mass is 9.90. The lowest BCUT2D eigenvalue weighted by Crippen LogP contribution is -2.44. The van der Waals surface area contributed by atoms with Crippen molar-refractivity contribution in [3.63, 3.8) is 0 Å². The molecule has 0 bridgehead atoms. The average molecular weight is 437 g/mol. The van der Waals surface area contributed by atoms with E-state index in [0.717, 1.165) is 25.8 Å². The molecule has 1 saturated heterocycles. The number of benzene rings is 2. The molecule has 1 amide bonds. The lowest BCUT2D eigenvalue weighted by Gasteiger charge is -2.31. The third-order valence-corrected chi connectivity index (χ3v) is 6.86. The molecule has 2 heterocycles. The number of carbonyl (C=O) groups is 2. The number of nitrogens with zero attached hydrogens (tertiary/aromatic N) is 1. The quantitative estimate of drug-likeness (QED) is 0.581. The molecule has 0 aromatic heterocycles. The molecule has 2 aliphatic rings. The van der Waals surface area contributed by atoms with Crippen LogP contribution in [0.25, 0.3) is 0 Å². The Morgan fingerprint density at radius 2 is 1.66 bits per heavy atom. The second kappa shape index (κ2) is 10.4. The fourth-order valence-electron chi connectivity index (χ4n) is 4.68. The van der Waals surface area contributed by atoms with Crippen LogP contribution in [0, 0.1) is 5.92 Å². The first-order valence-corrected chi connectivity index (χ1v) is 11.6. The van der Waals surface area contributed by atoms with Crippen molar-refractivity contribution >= 4 is 11.7 Å². The van der Waals surface area contributed by atoms with E-state index >= 15 is 0 Å². The molecule has 6 heteroatoms. The molecule has 0 radical (unpaired) electrons. The third-order valence-electron chi connectivity index (χ3n) is 6.86. The highest BCUT2D eigenvalue weighted by molar-refractivity contribution is 5.98. The third kappa shape index (κ3) is 5.26. The molecule has 3 N–H and O–H groups in total. The Morgan fingerprint density at radius 1 is 1.00 bits per heavy atom. The molecule has 0 saturated carbocycles. The predicted molar refractivity (Wildman–Crippen MR) is 123 cm³/mol. The van der Waals surface area contributed by atoms with Crippen molar-refractivity contribution < 1.29 is 19.8 Å². The molecule has 6 nitrogen and oxygen atoms in total. The van der Waals surface area contributed by atoms with Crippen LogP contribution in [0.4, 0.5) is 0 Å². The van der Waals surface area contributed by atoms with Crippen LogP contribution in [0.5, 0.6) is 0 Å². The van der Waals surface area contributed by atoms with Gasteiger partial charge in [0, 0.05) is 49.8 Å². The summed E-state index contributed by atoms with van der Waals surface area (Å²) in [4.78, 5) is 27.1. The van der Waals surface area contributed by atoms with Crippen molar-refractivity contribution in [3.05, 3.63) is 70.8 Å². The van der Waals surface area contributed by atoms with Crippen LogP contribution in [0.15, 0.2) is 48.5 Å². The smallest absolute Gasteiger partial charge is 0.253 e. The SMILES string of the molecule is O=C(CC[C@@H](O)[C@@H]1Cc2ccccc2CN1)c1ccc(C(=O)N2CCC(CO)CC2)cc1. The monoisotopic (exact) mass is 436 g/mol. The number of nitrogens with one attached hydrogen (secondary N) is 1. The Balaban J connectivity index is 1.27. The number of Topliss-reactive ketones (excluding diaryl/α,β-unsaturated/α-hetero) is 1. The van der Waals surface area contributed by atoms with Gasteiger partial charge in [-0.15, -0.1) is 0 Å². The average Bonchev–Trinajstić information content (AvgIpc) is 2.86. The second-order valence-electron chi connectivity index (χ2n) is 8.98. The highest BCUT2D eigenvalue weighted by Gasteiger charge is 2.25. The summed E-state index contributed by atoms with van der Waals surface area (Å²) in [6.07, 6.45) is 2.49. The maximum absolute atomic E-state index is 12.7. The molecular formula is C26H32N2O4. The minimum atomic E-state index is -0.588. The maximum atomic E-state index is 12.7. The maximum Gasteiger partial charge on any atom is 0.253 e. The number of rotatable bonds is 7. The summed E-state index contributed by atoms with van der Waals surface area (Å²) in [5, 5.41) is 23.2. The van der Waals surface area contributed by atoms with Crippen LogP contribution < -0.4 is 5.32 Å². The Bertz CT molecular complexity index is 935. The second-order valence-corrected chi connectivity index (χ2v) is 8.98. The summed E-state index contributed by atoms with van der Waals surface area (Å²) in [6, 6.07) is 15.0. The zero-order valence-electron chi connectivity index (χ0n) is 18.4. The zero-order valence-corrected chi connectivity index (χ0v) is 18.4. The molecular weight excluding hydrogens is 404 g/mol. The molecule has 170 valence electrons. The van der Waals surface area contributed by atoms with Gasteiger partial charge in [-0.1, -0.05) is 36.4 Å². The van der Waals surface area contributed by atoms with Crippen molar-refractivity contribution in [3.8, 4) is 0 Å². The number of fused-ring (bicyclic) bond motifs is 1. The van der Waals surface area contributed by atoms with E-state index in [1.807, 2.05) is 17.0 Å². The summed E-state index contributed by atoms with van der Waals surface area (Å²) in [5.41, 5.74) is 3.66. The predicted octanol–water partition coefficient (Wildman–Crippen LogP) is 2.57. The number of ketones is 1. The van der Waals surface area contributed by atoms with E-state index in [2.05, 4.69) is 17.4 Å². The number of likely N-dealkylation sites (tertiary alicyclic amines) is 1. The van der Waals surface area contributed by atoms with Crippen molar-refractivity contribution in [1.82, 2.24) is 10.2 Å². The number of piperidine rings is 1. The van der Waals surface area contributed by atoms with E-state index in [-0.39, 0.29) is 36.7 Å². The van der Waals surface area contributed by atoms with Gasteiger partial charge in [0.05, 0.1) is 6.10 Å². The van der Waals surface area contributed by atoms with E-state index in [0.29, 0.717) is 30.6 Å². The van der Waals surface area contributed by atoms with E-state index in [1.54, 1.807) is 24.3 Å². The van der Waals surface area contributed by atoms with Gasteiger partial charge in [-0.3, -0.25) is 9.59 Å². The topological polar surface area (TPSA) is 89.9 Å². The first-order chi connectivity index (χ1) is 15.5. The molecule has 2 atom stereocenters. The first-order valence-electron chi connectivity index (χ1n) is 11.6. The van der Waals surface area contributed by atoms with Crippen molar-refractivity contribution in [2.45, 2.75) is 50.8 Å². The van der Waals surface area contributed by atoms with Crippen LogP contribution in [-0.2, 0) is 13.0 Å². The molecule has 32 heavy (non-hydrogen) atoms. The Morgan fingerprint density at radius 3 is 2.34 bits per heavy atom. The van der Waals surface area contributed by atoms with Crippen molar-refractivity contribution in [2.75, 3.05) is 19.7 Å². The van der Waals surface area contributed by atoms with Gasteiger partial charge >= 0.3 is 0 Å². The summed E-state index contributed by atoms with van der Waals surface area (Å²) >= 11 is 0. The number of hydrogen-bond acceptors (Lipinski definition) is 5. The molecule has 0 unspecified atom stereocenters. The van der Waals surface area contributed by atoms with Gasteiger partial charge in [-0.2, -0.15) is 0 Å². The molecule has 1 fully saturated rings. The van der Waals surface area contributed by atoms with E-state index in [9.17, 15) is 19.8 Å². The van der Waals surface area contributed by atoms with Gasteiger partial charge in [-0.05, 0) is 54.9 Å². The summed E-state index contributed by atoms with van der Waals surface area (Å²) in [5.74, 6) is 0.232. The first kappa shape index (κ1) is 22.6. The normalized spacial score (nSPS) is 19.9. The lowest BCUT2D eigenvalue weighted by molar-refractivity contribution is 0.0650. The fourth-order valence-corrected chi connectivity index (χ4v) is 4.68. The number of carbonyl (C=O) groups excluding carboxylic acids is 2. The fraction of sp³-hybridized carbons (Fsp3) is 0.462. The van der Waals surface area contributed by atoms with Gasteiger partial charge in [0.15, 0.2) is 5.78 Å². The van der Waals surface area contributed by atoms with Gasteiger partial charge in [-0.25, -0.2) is 0 Å². The van der Waals surface area contributed by atoms with Crippen LogP contribution in [0.3, 0.4) is 0 Å². The minimum Gasteiger partial charge on any atom is -0.396 e. The number of hydrogen-bond donors (Lipinski definition) is 3. The van der Waals surface area contributed by atoms with Gasteiger partial charge < -0.3 is 20.4 Å². The number of amides is 1. The highest BCUT2D eigenvalue weighted by atomic mass is 16.3. The molecule has 4 rings (SSSR count). The van der Waals surface area contributed by atoms with E-state index in [1.165, 1.54) is 11.1 Å². The summed E-state index contributed by atoms with van der Waals surface area (Å²) < 4.78 is 0. The Hall–Kier alpha value is -2.54. The zero-order chi connectivity index (χ0) is 22.5. The van der Waals surface area contributed by atoms with Crippen molar-refractivity contribution in [2.24, 2.45) is 5.92 Å². The van der Waals surface area contributed by atoms with Gasteiger partial charge in [0.25, 0.3) is 5.91 Å². The molecule has 2 aromatic carbocycles. The largest absolute Gasteiger partial charge is 0.396 e. The molecule has 2 aliphatic heterocycles. The van der Waals surface area contributed by atoms with E-state index in [4.69, 9.17) is 0 Å². The summed E-state index contributed by atoms with van der Waals surface area (Å²) in [7, 11) is 0. The number of aliphatic hydroxyl groups excluding tert-OH is 2. The standard InChI is InChI=1S/C26H32N2O4/c29-17-18-11-13-28(14-12-18)26(32)20-7-5-19(6-8-20)24(30)9-10-25(31)23-15-21-3-1-2-4-22(21)16-27-23/h1-8,18,23,25,27,29,31H,9-17H2/t23-,25+/m0/s1. The van der Waals surface area contributed by atoms with Gasteiger partial charge in [0.1, 0.15) is 0 Å². The molecule has 0 aliphatic carbocycles. The molecule has 0 spiro atoms. The Labute approximate surface area is 189 Å². The van der Waals surface area contributed by atoms with Crippen LogP contribution >= 0.6 is 0 Å². The number of aliphatic hydroxyl groups is 2. The van der Waals surface area contributed by atoms with Gasteiger partial charge in [0.2, 0.25) is 0 Å². The van der Waals surface area contributed by atoms with Crippen LogP contribution in [0.2, 0.25) is 0 Å². The van der Waals surface area contributed by atoms with E-state index < -0.39 is 6.10 Å². The van der Waals surface area contributed by atoms with Crippen molar-refractivity contribution in [1.29, 1.82) is 0 Å². The molecule has 2 aromatic rings. The Kier molecular flexibility index (Phi) is 7.35. The minimum absolute atomic E-state index is 0.0250. The highest BCUT2D eigenvalue weighted by Crippen LogP contribution is 2.21. The summed E-state index contributed by atoms with van der Waals surface area (Å²) in [6.45, 7) is 2.22. The van der Waals surface area contributed by atoms with Crippen LogP contribution in [-0.4, -0.2) is 58.6 Å².